The smallest absolute Gasteiger partial charge is 0.225 e. The van der Waals surface area contributed by atoms with Crippen molar-refractivity contribution in [1.29, 1.82) is 0 Å². The molecule has 2 rings (SSSR count). The van der Waals surface area contributed by atoms with E-state index in [9.17, 15) is 9.18 Å². The van der Waals surface area contributed by atoms with Gasteiger partial charge in [-0.3, -0.25) is 4.79 Å². The molecule has 0 bridgehead atoms. The Labute approximate surface area is 104 Å². The Kier molecular flexibility index (Phi) is 3.64. The molecule has 1 saturated heterocycles. The van der Waals surface area contributed by atoms with E-state index < -0.39 is 0 Å². The minimum atomic E-state index is -0.302. The molecular weight excluding hydrogens is 243 g/mol. The summed E-state index contributed by atoms with van der Waals surface area (Å²) in [5, 5.41) is 6.26. The molecule has 3 nitrogen and oxygen atoms in total. The second-order valence-corrected chi connectivity index (χ2v) is 4.67. The van der Waals surface area contributed by atoms with Crippen LogP contribution in [0.1, 0.15) is 11.1 Å². The number of benzene rings is 1. The number of hydrogen-bond acceptors (Lipinski definition) is 2. The summed E-state index contributed by atoms with van der Waals surface area (Å²) in [6, 6.07) is 2.94. The van der Waals surface area contributed by atoms with E-state index in [4.69, 9.17) is 11.6 Å². The fourth-order valence-electron chi connectivity index (χ4n) is 1.62. The van der Waals surface area contributed by atoms with E-state index in [-0.39, 0.29) is 24.2 Å². The van der Waals surface area contributed by atoms with Crippen LogP contribution < -0.4 is 10.6 Å². The number of aryl methyl sites for hydroxylation is 1. The zero-order chi connectivity index (χ0) is 12.4. The van der Waals surface area contributed by atoms with Crippen LogP contribution in [0.4, 0.5) is 4.39 Å². The maximum atomic E-state index is 13.3. The van der Waals surface area contributed by atoms with Crippen molar-refractivity contribution in [3.8, 4) is 0 Å². The maximum Gasteiger partial charge on any atom is 0.225 e. The molecule has 0 atom stereocenters. The molecule has 1 fully saturated rings. The minimum absolute atomic E-state index is 0.0131. The van der Waals surface area contributed by atoms with Crippen LogP contribution in [0.2, 0.25) is 5.02 Å². The van der Waals surface area contributed by atoms with Gasteiger partial charge in [-0.2, -0.15) is 0 Å². The largest absolute Gasteiger partial charge is 0.352 e. The number of hydrogen-bond donors (Lipinski definition) is 2. The van der Waals surface area contributed by atoms with Crippen LogP contribution in [-0.4, -0.2) is 19.0 Å². The van der Waals surface area contributed by atoms with E-state index in [1.54, 1.807) is 13.0 Å². The molecule has 0 radical (unpaired) electrons. The first-order valence-electron chi connectivity index (χ1n) is 5.51. The van der Waals surface area contributed by atoms with Crippen LogP contribution in [0, 0.1) is 18.7 Å². The van der Waals surface area contributed by atoms with Gasteiger partial charge in [-0.15, -0.1) is 0 Å². The molecule has 2 N–H and O–H groups in total. The molecule has 0 spiro atoms. The van der Waals surface area contributed by atoms with Crippen LogP contribution in [0.5, 0.6) is 0 Å². The summed E-state index contributed by atoms with van der Waals surface area (Å²) in [6.07, 6.45) is 0. The fourth-order valence-corrected chi connectivity index (χ4v) is 1.91. The molecule has 1 aromatic rings. The fraction of sp³-hybridized carbons (Fsp3) is 0.417. The SMILES string of the molecule is Cc1cc(Cl)c(CNC(=O)C2CNC2)cc1F. The lowest BCUT2D eigenvalue weighted by molar-refractivity contribution is -0.126. The van der Waals surface area contributed by atoms with Gasteiger partial charge in [0.25, 0.3) is 0 Å². The average molecular weight is 257 g/mol. The number of nitrogens with one attached hydrogen (secondary N) is 2. The third kappa shape index (κ3) is 2.76. The second kappa shape index (κ2) is 5.02. The zero-order valence-electron chi connectivity index (χ0n) is 9.52. The summed E-state index contributed by atoms with van der Waals surface area (Å²) in [7, 11) is 0. The number of rotatable bonds is 3. The molecule has 5 heteroatoms. The zero-order valence-corrected chi connectivity index (χ0v) is 10.3. The van der Waals surface area contributed by atoms with Gasteiger partial charge in [-0.1, -0.05) is 11.6 Å². The Morgan fingerprint density at radius 1 is 1.59 bits per heavy atom. The first kappa shape index (κ1) is 12.3. The van der Waals surface area contributed by atoms with Crippen molar-refractivity contribution in [2.24, 2.45) is 5.92 Å². The number of carbonyl (C=O) groups is 1. The first-order chi connectivity index (χ1) is 8.08. The van der Waals surface area contributed by atoms with Crippen molar-refractivity contribution in [3.05, 3.63) is 34.1 Å². The Hall–Kier alpha value is -1.13. The Morgan fingerprint density at radius 3 is 2.88 bits per heavy atom. The van der Waals surface area contributed by atoms with Crippen LogP contribution in [0.3, 0.4) is 0 Å². The number of halogens is 2. The maximum absolute atomic E-state index is 13.3. The lowest BCUT2D eigenvalue weighted by atomic mass is 10.0. The number of carbonyl (C=O) groups excluding carboxylic acids is 1. The highest BCUT2D eigenvalue weighted by atomic mass is 35.5. The molecular formula is C12H14ClFN2O. The molecule has 1 aliphatic heterocycles. The topological polar surface area (TPSA) is 41.1 Å². The van der Waals surface area contributed by atoms with Gasteiger partial charge in [0.1, 0.15) is 5.82 Å². The molecule has 1 amide bonds. The van der Waals surface area contributed by atoms with Crippen molar-refractivity contribution in [1.82, 2.24) is 10.6 Å². The quantitative estimate of drug-likeness (QED) is 0.863. The van der Waals surface area contributed by atoms with E-state index in [1.807, 2.05) is 0 Å². The van der Waals surface area contributed by atoms with Gasteiger partial charge < -0.3 is 10.6 Å². The standard InChI is InChI=1S/C12H14ClFN2O/c1-7-2-10(13)8(3-11(7)14)6-16-12(17)9-4-15-5-9/h2-3,9,15H,4-6H2,1H3,(H,16,17). The van der Waals surface area contributed by atoms with Crippen LogP contribution in [0.15, 0.2) is 12.1 Å². The van der Waals surface area contributed by atoms with Crippen molar-refractivity contribution in [2.45, 2.75) is 13.5 Å². The summed E-state index contributed by atoms with van der Waals surface area (Å²) < 4.78 is 13.3. The Balaban J connectivity index is 1.98. The highest BCUT2D eigenvalue weighted by Gasteiger charge is 2.24. The summed E-state index contributed by atoms with van der Waals surface area (Å²) in [4.78, 5) is 11.6. The van der Waals surface area contributed by atoms with E-state index >= 15 is 0 Å². The van der Waals surface area contributed by atoms with Gasteiger partial charge in [-0.05, 0) is 30.2 Å². The molecule has 1 aromatic carbocycles. The van der Waals surface area contributed by atoms with E-state index in [1.165, 1.54) is 6.07 Å². The van der Waals surface area contributed by atoms with Crippen molar-refractivity contribution < 1.29 is 9.18 Å². The summed E-state index contributed by atoms with van der Waals surface area (Å²) in [5.41, 5.74) is 1.11. The lowest BCUT2D eigenvalue weighted by Crippen LogP contribution is -2.50. The predicted molar refractivity (Wildman–Crippen MR) is 64.4 cm³/mol. The van der Waals surface area contributed by atoms with Crippen molar-refractivity contribution in [2.75, 3.05) is 13.1 Å². The second-order valence-electron chi connectivity index (χ2n) is 4.27. The minimum Gasteiger partial charge on any atom is -0.352 e. The Bertz CT molecular complexity index is 446. The van der Waals surface area contributed by atoms with Crippen LogP contribution in [-0.2, 0) is 11.3 Å². The van der Waals surface area contributed by atoms with Gasteiger partial charge in [0.05, 0.1) is 5.92 Å². The van der Waals surface area contributed by atoms with Gasteiger partial charge in [0, 0.05) is 24.7 Å². The summed E-state index contributed by atoms with van der Waals surface area (Å²) in [5.74, 6) is -0.283. The van der Waals surface area contributed by atoms with Gasteiger partial charge >= 0.3 is 0 Å². The molecule has 0 unspecified atom stereocenters. The average Bonchev–Trinajstić information content (AvgIpc) is 2.19. The summed E-state index contributed by atoms with van der Waals surface area (Å²) in [6.45, 7) is 3.35. The van der Waals surface area contributed by atoms with E-state index in [2.05, 4.69) is 10.6 Å². The third-order valence-electron chi connectivity index (χ3n) is 2.93. The third-order valence-corrected chi connectivity index (χ3v) is 3.28. The first-order valence-corrected chi connectivity index (χ1v) is 5.88. The molecule has 0 aliphatic carbocycles. The van der Waals surface area contributed by atoms with Crippen LogP contribution >= 0.6 is 11.6 Å². The highest BCUT2D eigenvalue weighted by molar-refractivity contribution is 6.31. The molecule has 0 saturated carbocycles. The number of amides is 1. The molecule has 92 valence electrons. The van der Waals surface area contributed by atoms with Crippen molar-refractivity contribution in [3.63, 3.8) is 0 Å². The van der Waals surface area contributed by atoms with Crippen molar-refractivity contribution >= 4 is 17.5 Å². The van der Waals surface area contributed by atoms with Gasteiger partial charge in [0.2, 0.25) is 5.91 Å². The van der Waals surface area contributed by atoms with Gasteiger partial charge in [0.15, 0.2) is 0 Å². The lowest BCUT2D eigenvalue weighted by Gasteiger charge is -2.25. The summed E-state index contributed by atoms with van der Waals surface area (Å²) >= 11 is 5.98. The normalized spacial score (nSPS) is 15.5. The van der Waals surface area contributed by atoms with Crippen LogP contribution in [0.25, 0.3) is 0 Å². The molecule has 17 heavy (non-hydrogen) atoms. The molecule has 0 aromatic heterocycles. The van der Waals surface area contributed by atoms with E-state index in [0.29, 0.717) is 29.2 Å². The molecule has 1 aliphatic rings. The Morgan fingerprint density at radius 2 is 2.29 bits per heavy atom. The van der Waals surface area contributed by atoms with E-state index in [0.717, 1.165) is 0 Å². The monoisotopic (exact) mass is 256 g/mol. The molecule has 1 heterocycles. The highest BCUT2D eigenvalue weighted by Crippen LogP contribution is 2.20. The van der Waals surface area contributed by atoms with Gasteiger partial charge in [-0.25, -0.2) is 4.39 Å². The predicted octanol–water partition coefficient (Wildman–Crippen LogP) is 1.62.